The molecule has 122 valence electrons. The van der Waals surface area contributed by atoms with Crippen LogP contribution in [0.25, 0.3) is 0 Å². The molecule has 0 aromatic carbocycles. The summed E-state index contributed by atoms with van der Waals surface area (Å²) in [6.45, 7) is 7.35. The fraction of sp³-hybridized carbons (Fsp3) is 0.643. The van der Waals surface area contributed by atoms with Gasteiger partial charge in [-0.2, -0.15) is 0 Å². The Bertz CT molecular complexity index is 480. The Morgan fingerprint density at radius 1 is 1.38 bits per heavy atom. The lowest BCUT2D eigenvalue weighted by Crippen LogP contribution is -2.40. The van der Waals surface area contributed by atoms with Crippen LogP contribution in [0.1, 0.15) is 26.3 Å². The Kier molecular flexibility index (Phi) is 9.19. The first-order chi connectivity index (χ1) is 9.32. The average Bonchev–Trinajstić information content (AvgIpc) is 2.78. The molecule has 0 fully saturated rings. The highest BCUT2D eigenvalue weighted by Gasteiger charge is 2.18. The molecular formula is C14H27IN4OS. The number of halogens is 1. The summed E-state index contributed by atoms with van der Waals surface area (Å²) < 4.78 is 13.8. The standard InChI is InChI=1S/C14H26N4OS.HI/c1-14(2,3)20(19)9-7-16-13(15-4)17-10-12-6-8-18(5)11-12;/h6,8,11H,7,9-10H2,1-5H3,(H2,15,16,17);1H. The molecule has 0 saturated heterocycles. The molecule has 0 amide bonds. The highest BCUT2D eigenvalue weighted by Crippen LogP contribution is 2.10. The maximum absolute atomic E-state index is 11.9. The van der Waals surface area contributed by atoms with E-state index in [4.69, 9.17) is 0 Å². The van der Waals surface area contributed by atoms with Crippen molar-refractivity contribution in [2.75, 3.05) is 19.3 Å². The smallest absolute Gasteiger partial charge is 0.191 e. The fourth-order valence-corrected chi connectivity index (χ4v) is 2.54. The zero-order valence-corrected chi connectivity index (χ0v) is 16.6. The van der Waals surface area contributed by atoms with Crippen molar-refractivity contribution in [2.45, 2.75) is 32.1 Å². The maximum atomic E-state index is 11.9. The Labute approximate surface area is 147 Å². The molecule has 2 N–H and O–H groups in total. The minimum atomic E-state index is -0.841. The van der Waals surface area contributed by atoms with Gasteiger partial charge in [0.2, 0.25) is 0 Å². The van der Waals surface area contributed by atoms with Crippen LogP contribution in [-0.4, -0.2) is 38.8 Å². The quantitative estimate of drug-likeness (QED) is 0.429. The van der Waals surface area contributed by atoms with Crippen LogP contribution in [0, 0.1) is 0 Å². The van der Waals surface area contributed by atoms with E-state index in [1.165, 1.54) is 5.56 Å². The zero-order chi connectivity index (χ0) is 15.2. The van der Waals surface area contributed by atoms with Crippen molar-refractivity contribution in [3.63, 3.8) is 0 Å². The summed E-state index contributed by atoms with van der Waals surface area (Å²) in [6, 6.07) is 2.06. The predicted molar refractivity (Wildman–Crippen MR) is 102 cm³/mol. The lowest BCUT2D eigenvalue weighted by atomic mass is 10.3. The number of hydrogen-bond acceptors (Lipinski definition) is 2. The number of aliphatic imine (C=N–C) groups is 1. The summed E-state index contributed by atoms with van der Waals surface area (Å²) in [5.41, 5.74) is 1.20. The number of nitrogens with one attached hydrogen (secondary N) is 2. The van der Waals surface area contributed by atoms with Crippen LogP contribution < -0.4 is 10.6 Å². The predicted octanol–water partition coefficient (Wildman–Crippen LogP) is 1.86. The minimum absolute atomic E-state index is 0. The fourth-order valence-electron chi connectivity index (χ4n) is 1.64. The number of aryl methyl sites for hydroxylation is 1. The molecule has 0 spiro atoms. The lowest BCUT2D eigenvalue weighted by molar-refractivity contribution is 0.647. The van der Waals surface area contributed by atoms with Crippen LogP contribution in [-0.2, 0) is 24.4 Å². The van der Waals surface area contributed by atoms with E-state index in [1.807, 2.05) is 38.6 Å². The summed E-state index contributed by atoms with van der Waals surface area (Å²) in [5, 5.41) is 6.43. The summed E-state index contributed by atoms with van der Waals surface area (Å²) in [7, 11) is 2.89. The molecule has 0 bridgehead atoms. The maximum Gasteiger partial charge on any atom is 0.191 e. The molecule has 1 aromatic heterocycles. The van der Waals surface area contributed by atoms with Crippen LogP contribution >= 0.6 is 24.0 Å². The van der Waals surface area contributed by atoms with Gasteiger partial charge in [0.05, 0.1) is 0 Å². The number of nitrogens with zero attached hydrogens (tertiary/aromatic N) is 2. The van der Waals surface area contributed by atoms with E-state index in [9.17, 15) is 4.21 Å². The molecule has 1 atom stereocenters. The highest BCUT2D eigenvalue weighted by molar-refractivity contribution is 14.0. The Morgan fingerprint density at radius 3 is 2.52 bits per heavy atom. The third-order valence-corrected chi connectivity index (χ3v) is 4.78. The van der Waals surface area contributed by atoms with E-state index >= 15 is 0 Å². The van der Waals surface area contributed by atoms with Crippen LogP contribution in [0.15, 0.2) is 23.5 Å². The van der Waals surface area contributed by atoms with E-state index in [2.05, 4.69) is 27.9 Å². The lowest BCUT2D eigenvalue weighted by Gasteiger charge is -2.18. The number of guanidine groups is 1. The van der Waals surface area contributed by atoms with E-state index in [1.54, 1.807) is 7.05 Å². The Hall–Kier alpha value is -0.570. The summed E-state index contributed by atoms with van der Waals surface area (Å²) in [4.78, 5) is 4.16. The molecule has 1 rings (SSSR count). The molecule has 0 aliphatic carbocycles. The van der Waals surface area contributed by atoms with Gasteiger partial charge in [-0.15, -0.1) is 24.0 Å². The zero-order valence-electron chi connectivity index (χ0n) is 13.5. The molecule has 0 aliphatic rings. The van der Waals surface area contributed by atoms with Crippen molar-refractivity contribution in [2.24, 2.45) is 12.0 Å². The molecular weight excluding hydrogens is 399 g/mol. The van der Waals surface area contributed by atoms with Gasteiger partial charge in [0.1, 0.15) is 0 Å². The SMILES string of the molecule is CN=C(NCCS(=O)C(C)(C)C)NCc1ccn(C)c1.I. The summed E-state index contributed by atoms with van der Waals surface area (Å²) >= 11 is 0. The molecule has 0 saturated carbocycles. The first-order valence-corrected chi connectivity index (χ1v) is 8.08. The molecule has 7 heteroatoms. The monoisotopic (exact) mass is 426 g/mol. The van der Waals surface area contributed by atoms with Crippen molar-refractivity contribution < 1.29 is 4.21 Å². The second kappa shape index (κ2) is 9.45. The van der Waals surface area contributed by atoms with Gasteiger partial charge in [-0.05, 0) is 32.4 Å². The van der Waals surface area contributed by atoms with Crippen molar-refractivity contribution in [3.05, 3.63) is 24.0 Å². The molecule has 0 aliphatic heterocycles. The van der Waals surface area contributed by atoms with Gasteiger partial charge in [0.15, 0.2) is 5.96 Å². The average molecular weight is 426 g/mol. The van der Waals surface area contributed by atoms with Gasteiger partial charge in [0.25, 0.3) is 0 Å². The topological polar surface area (TPSA) is 58.4 Å². The third kappa shape index (κ3) is 7.85. The first kappa shape index (κ1) is 20.4. The molecule has 21 heavy (non-hydrogen) atoms. The molecule has 1 heterocycles. The van der Waals surface area contributed by atoms with Crippen molar-refractivity contribution in [1.29, 1.82) is 0 Å². The van der Waals surface area contributed by atoms with Crippen molar-refractivity contribution in [3.8, 4) is 0 Å². The highest BCUT2D eigenvalue weighted by atomic mass is 127. The van der Waals surface area contributed by atoms with Gasteiger partial charge < -0.3 is 15.2 Å². The Balaban J connectivity index is 0.00000400. The minimum Gasteiger partial charge on any atom is -0.357 e. The molecule has 5 nitrogen and oxygen atoms in total. The number of rotatable bonds is 5. The third-order valence-electron chi connectivity index (χ3n) is 2.84. The largest absolute Gasteiger partial charge is 0.357 e. The second-order valence-electron chi connectivity index (χ2n) is 5.70. The normalized spacial score (nSPS) is 13.5. The number of aromatic nitrogens is 1. The Morgan fingerprint density at radius 2 is 2.05 bits per heavy atom. The van der Waals surface area contributed by atoms with E-state index in [0.29, 0.717) is 12.3 Å². The van der Waals surface area contributed by atoms with Crippen LogP contribution in [0.2, 0.25) is 0 Å². The van der Waals surface area contributed by atoms with Gasteiger partial charge in [-0.25, -0.2) is 0 Å². The summed E-state index contributed by atoms with van der Waals surface area (Å²) in [6.07, 6.45) is 4.08. The van der Waals surface area contributed by atoms with Crippen molar-refractivity contribution >= 4 is 40.7 Å². The summed E-state index contributed by atoms with van der Waals surface area (Å²) in [5.74, 6) is 1.36. The van der Waals surface area contributed by atoms with E-state index < -0.39 is 10.8 Å². The first-order valence-electron chi connectivity index (χ1n) is 6.77. The second-order valence-corrected chi connectivity index (χ2v) is 8.02. The molecule has 1 unspecified atom stereocenters. The van der Waals surface area contributed by atoms with Crippen LogP contribution in [0.3, 0.4) is 0 Å². The van der Waals surface area contributed by atoms with Gasteiger partial charge in [-0.1, -0.05) is 0 Å². The van der Waals surface area contributed by atoms with Crippen LogP contribution in [0.5, 0.6) is 0 Å². The number of hydrogen-bond donors (Lipinski definition) is 2. The van der Waals surface area contributed by atoms with Gasteiger partial charge in [0, 0.05) is 60.9 Å². The van der Waals surface area contributed by atoms with Crippen molar-refractivity contribution in [1.82, 2.24) is 15.2 Å². The van der Waals surface area contributed by atoms with Crippen LogP contribution in [0.4, 0.5) is 0 Å². The van der Waals surface area contributed by atoms with E-state index in [-0.39, 0.29) is 28.7 Å². The van der Waals surface area contributed by atoms with Gasteiger partial charge in [-0.3, -0.25) is 9.20 Å². The van der Waals surface area contributed by atoms with E-state index in [0.717, 1.165) is 12.5 Å². The molecule has 0 radical (unpaired) electrons. The van der Waals surface area contributed by atoms with Gasteiger partial charge >= 0.3 is 0 Å². The molecule has 1 aromatic rings.